The van der Waals surface area contributed by atoms with Crippen molar-refractivity contribution in [2.45, 2.75) is 12.8 Å². The lowest BCUT2D eigenvalue weighted by Gasteiger charge is -2.20. The molecule has 1 fully saturated rings. The third-order valence-electron chi connectivity index (χ3n) is 3.50. The molecule has 0 atom stereocenters. The van der Waals surface area contributed by atoms with E-state index in [1.807, 2.05) is 0 Å². The lowest BCUT2D eigenvalue weighted by atomic mass is 10.1. The minimum absolute atomic E-state index is 0.242. The first kappa shape index (κ1) is 16.6. The fourth-order valence-corrected chi connectivity index (χ4v) is 2.37. The first-order valence-corrected chi connectivity index (χ1v) is 7.26. The minimum atomic E-state index is -1.35. The summed E-state index contributed by atoms with van der Waals surface area (Å²) in [4.78, 5) is 36.2. The van der Waals surface area contributed by atoms with E-state index >= 15 is 0 Å². The number of anilines is 1. The van der Waals surface area contributed by atoms with Crippen LogP contribution >= 0.6 is 23.2 Å². The molecule has 0 radical (unpaired) electrons. The highest BCUT2D eigenvalue weighted by atomic mass is 35.5. The molecule has 6 nitrogen and oxygen atoms in total. The van der Waals surface area contributed by atoms with Gasteiger partial charge >= 0.3 is 5.97 Å². The molecule has 0 saturated heterocycles. The van der Waals surface area contributed by atoms with Gasteiger partial charge in [0.05, 0.1) is 16.6 Å². The largest absolute Gasteiger partial charge is 0.480 e. The van der Waals surface area contributed by atoms with Crippen LogP contribution < -0.4 is 5.32 Å². The molecule has 1 aromatic rings. The molecule has 118 valence electrons. The molecule has 0 heterocycles. The Kier molecular flexibility index (Phi) is 4.63. The van der Waals surface area contributed by atoms with Gasteiger partial charge in [0, 0.05) is 12.7 Å². The molecule has 1 aromatic carbocycles. The number of carbonyl (C=O) groups excluding carboxylic acids is 2. The normalized spacial score (nSPS) is 15.0. The highest BCUT2D eigenvalue weighted by Crippen LogP contribution is 2.47. The van der Waals surface area contributed by atoms with Crippen LogP contribution in [0, 0.1) is 5.41 Å². The van der Waals surface area contributed by atoms with E-state index in [0.29, 0.717) is 28.6 Å². The van der Waals surface area contributed by atoms with Crippen LogP contribution in [0.3, 0.4) is 0 Å². The second kappa shape index (κ2) is 6.14. The van der Waals surface area contributed by atoms with Crippen LogP contribution in [0.4, 0.5) is 5.69 Å². The number of benzene rings is 1. The van der Waals surface area contributed by atoms with E-state index < -0.39 is 23.2 Å². The smallest absolute Gasteiger partial charge is 0.319 e. The standard InChI is InChI=1S/C14H14Cl2N2O4/c1-18(12(20)14(4-5-14)13(21)22)7-11(19)17-8-2-3-9(15)10(16)6-8/h2-3,6H,4-5,7H2,1H3,(H,17,19)(H,21,22). The lowest BCUT2D eigenvalue weighted by Crippen LogP contribution is -2.42. The molecule has 1 aliphatic carbocycles. The molecular weight excluding hydrogens is 331 g/mol. The summed E-state index contributed by atoms with van der Waals surface area (Å²) in [6.45, 7) is -0.242. The number of carbonyl (C=O) groups is 3. The van der Waals surface area contributed by atoms with Crippen molar-refractivity contribution in [1.29, 1.82) is 0 Å². The van der Waals surface area contributed by atoms with Gasteiger partial charge < -0.3 is 15.3 Å². The lowest BCUT2D eigenvalue weighted by molar-refractivity contribution is -0.153. The SMILES string of the molecule is CN(CC(=O)Nc1ccc(Cl)c(Cl)c1)C(=O)C1(C(=O)O)CC1. The summed E-state index contributed by atoms with van der Waals surface area (Å²) in [7, 11) is 1.40. The van der Waals surface area contributed by atoms with Crippen LogP contribution in [0.15, 0.2) is 18.2 Å². The van der Waals surface area contributed by atoms with E-state index in [1.54, 1.807) is 6.07 Å². The molecule has 0 bridgehead atoms. The zero-order chi connectivity index (χ0) is 16.5. The van der Waals surface area contributed by atoms with Crippen LogP contribution in [-0.4, -0.2) is 41.4 Å². The predicted octanol–water partition coefficient (Wildman–Crippen LogP) is 2.26. The van der Waals surface area contributed by atoms with Crippen LogP contribution in [0.5, 0.6) is 0 Å². The van der Waals surface area contributed by atoms with Crippen LogP contribution in [0.1, 0.15) is 12.8 Å². The number of likely N-dealkylation sites (N-methyl/N-ethyl adjacent to an activating group) is 1. The Morgan fingerprint density at radius 1 is 1.27 bits per heavy atom. The Morgan fingerprint density at radius 3 is 2.41 bits per heavy atom. The van der Waals surface area contributed by atoms with Gasteiger partial charge in [-0.3, -0.25) is 14.4 Å². The Bertz CT molecular complexity index is 644. The predicted molar refractivity (Wildman–Crippen MR) is 82.0 cm³/mol. The fourth-order valence-electron chi connectivity index (χ4n) is 2.07. The van der Waals surface area contributed by atoms with E-state index in [0.717, 1.165) is 4.90 Å². The number of rotatable bonds is 5. The zero-order valence-electron chi connectivity index (χ0n) is 11.7. The van der Waals surface area contributed by atoms with Crippen molar-refractivity contribution in [3.63, 3.8) is 0 Å². The van der Waals surface area contributed by atoms with E-state index in [9.17, 15) is 14.4 Å². The molecule has 8 heteroatoms. The van der Waals surface area contributed by atoms with E-state index in [1.165, 1.54) is 19.2 Å². The van der Waals surface area contributed by atoms with Crippen molar-refractivity contribution in [1.82, 2.24) is 4.90 Å². The number of hydrogen-bond acceptors (Lipinski definition) is 3. The van der Waals surface area contributed by atoms with Crippen LogP contribution in [0.25, 0.3) is 0 Å². The second-order valence-corrected chi connectivity index (χ2v) is 6.04. The summed E-state index contributed by atoms with van der Waals surface area (Å²) in [5.74, 6) is -2.14. The number of halogens is 2. The van der Waals surface area contributed by atoms with E-state index in [2.05, 4.69) is 5.32 Å². The number of hydrogen-bond donors (Lipinski definition) is 2. The van der Waals surface area contributed by atoms with Gasteiger partial charge in [-0.15, -0.1) is 0 Å². The number of amides is 2. The van der Waals surface area contributed by atoms with Crippen LogP contribution in [0.2, 0.25) is 10.0 Å². The topological polar surface area (TPSA) is 86.7 Å². The van der Waals surface area contributed by atoms with Gasteiger partial charge in [-0.25, -0.2) is 0 Å². The van der Waals surface area contributed by atoms with Crippen molar-refractivity contribution in [3.8, 4) is 0 Å². The molecule has 2 rings (SSSR count). The summed E-state index contributed by atoms with van der Waals surface area (Å²) < 4.78 is 0. The maximum Gasteiger partial charge on any atom is 0.319 e. The van der Waals surface area contributed by atoms with Crippen molar-refractivity contribution in [2.75, 3.05) is 18.9 Å². The van der Waals surface area contributed by atoms with Gasteiger partial charge in [-0.2, -0.15) is 0 Å². The summed E-state index contributed by atoms with van der Waals surface area (Å²) in [5, 5.41) is 12.3. The number of carboxylic acids is 1. The monoisotopic (exact) mass is 344 g/mol. The Hall–Kier alpha value is -1.79. The van der Waals surface area contributed by atoms with Crippen molar-refractivity contribution in [3.05, 3.63) is 28.2 Å². The summed E-state index contributed by atoms with van der Waals surface area (Å²) in [6.07, 6.45) is 0.611. The van der Waals surface area contributed by atoms with Gasteiger partial charge in [-0.1, -0.05) is 23.2 Å². The Labute approximate surface area is 137 Å². The minimum Gasteiger partial charge on any atom is -0.480 e. The molecule has 1 saturated carbocycles. The molecule has 2 N–H and O–H groups in total. The van der Waals surface area contributed by atoms with Gasteiger partial charge in [0.1, 0.15) is 5.41 Å². The Morgan fingerprint density at radius 2 is 1.91 bits per heavy atom. The third kappa shape index (κ3) is 3.34. The highest BCUT2D eigenvalue weighted by Gasteiger charge is 2.58. The third-order valence-corrected chi connectivity index (χ3v) is 4.24. The number of nitrogens with zero attached hydrogens (tertiary/aromatic N) is 1. The quantitative estimate of drug-likeness (QED) is 0.802. The number of carboxylic acid groups (broad SMARTS) is 1. The first-order chi connectivity index (χ1) is 10.3. The zero-order valence-corrected chi connectivity index (χ0v) is 13.2. The maximum atomic E-state index is 12.1. The average molecular weight is 345 g/mol. The maximum absolute atomic E-state index is 12.1. The molecule has 0 aromatic heterocycles. The van der Waals surface area contributed by atoms with Crippen molar-refractivity contribution < 1.29 is 19.5 Å². The Balaban J connectivity index is 1.95. The molecule has 22 heavy (non-hydrogen) atoms. The molecule has 0 spiro atoms. The fraction of sp³-hybridized carbons (Fsp3) is 0.357. The molecule has 0 aliphatic heterocycles. The average Bonchev–Trinajstić information content (AvgIpc) is 3.23. The van der Waals surface area contributed by atoms with E-state index in [4.69, 9.17) is 28.3 Å². The van der Waals surface area contributed by atoms with Gasteiger partial charge in [0.2, 0.25) is 11.8 Å². The van der Waals surface area contributed by atoms with Gasteiger partial charge in [0.15, 0.2) is 0 Å². The summed E-state index contributed by atoms with van der Waals surface area (Å²) >= 11 is 11.6. The molecule has 1 aliphatic rings. The number of aliphatic carboxylic acids is 1. The van der Waals surface area contributed by atoms with Gasteiger partial charge in [0.25, 0.3) is 0 Å². The first-order valence-electron chi connectivity index (χ1n) is 6.50. The van der Waals surface area contributed by atoms with Crippen molar-refractivity contribution in [2.24, 2.45) is 5.41 Å². The van der Waals surface area contributed by atoms with Crippen molar-refractivity contribution >= 4 is 46.7 Å². The van der Waals surface area contributed by atoms with Gasteiger partial charge in [-0.05, 0) is 31.0 Å². The molecule has 0 unspecified atom stereocenters. The van der Waals surface area contributed by atoms with E-state index in [-0.39, 0.29) is 6.54 Å². The number of nitrogens with one attached hydrogen (secondary N) is 1. The van der Waals surface area contributed by atoms with Crippen LogP contribution in [-0.2, 0) is 14.4 Å². The molecular formula is C14H14Cl2N2O4. The highest BCUT2D eigenvalue weighted by molar-refractivity contribution is 6.42. The molecule has 2 amide bonds. The summed E-state index contributed by atoms with van der Waals surface area (Å²) in [5.41, 5.74) is -0.905. The second-order valence-electron chi connectivity index (χ2n) is 5.23. The summed E-state index contributed by atoms with van der Waals surface area (Å²) in [6, 6.07) is 4.61.